The van der Waals surface area contributed by atoms with Crippen LogP contribution in [-0.2, 0) is 16.4 Å². The standard InChI is InChI=1S/C20H19N3O3S/c21-27(25,26)13-7-5-12-6-8-16(20(24)17(12)9-13)19-15-4-2-1-3-14(15)18-10-22-11-23(18)19/h1-5,7,9-11,16,19-20,24H,6,8H2,(H2,21,25,26)/t16-,19-,20+/m0/s1. The Morgan fingerprint density at radius 1 is 1.15 bits per heavy atom. The number of nitrogens with two attached hydrogens (primary N) is 1. The van der Waals surface area contributed by atoms with Gasteiger partial charge in [-0.3, -0.25) is 0 Å². The zero-order valence-electron chi connectivity index (χ0n) is 14.5. The molecule has 138 valence electrons. The number of aryl methyl sites for hydroxylation is 1. The second-order valence-electron chi connectivity index (χ2n) is 7.27. The van der Waals surface area contributed by atoms with Crippen LogP contribution in [0.25, 0.3) is 11.3 Å². The average Bonchev–Trinajstić information content (AvgIpc) is 3.23. The molecular weight excluding hydrogens is 362 g/mol. The Labute approximate surface area is 157 Å². The van der Waals surface area contributed by atoms with E-state index >= 15 is 0 Å². The number of hydrogen-bond acceptors (Lipinski definition) is 4. The minimum absolute atomic E-state index is 0.0278. The number of rotatable bonds is 2. The molecule has 0 bridgehead atoms. The van der Waals surface area contributed by atoms with Crippen LogP contribution >= 0.6 is 0 Å². The van der Waals surface area contributed by atoms with Gasteiger partial charge in [-0.1, -0.05) is 30.3 Å². The number of aliphatic hydroxyl groups excluding tert-OH is 1. The molecule has 5 rings (SSSR count). The second kappa shape index (κ2) is 5.76. The maximum absolute atomic E-state index is 11.7. The highest BCUT2D eigenvalue weighted by atomic mass is 32.2. The van der Waals surface area contributed by atoms with Crippen molar-refractivity contribution in [2.75, 3.05) is 0 Å². The third-order valence-corrected chi connectivity index (χ3v) is 6.75. The predicted molar refractivity (Wildman–Crippen MR) is 100 cm³/mol. The first-order valence-electron chi connectivity index (χ1n) is 8.90. The first-order chi connectivity index (χ1) is 12.9. The molecule has 1 aliphatic carbocycles. The molecule has 2 aliphatic rings. The fraction of sp³-hybridized carbons (Fsp3) is 0.250. The monoisotopic (exact) mass is 381 g/mol. The van der Waals surface area contributed by atoms with E-state index < -0.39 is 16.1 Å². The molecule has 0 unspecified atom stereocenters. The third-order valence-electron chi connectivity index (χ3n) is 5.84. The lowest BCUT2D eigenvalue weighted by Crippen LogP contribution is -2.29. The molecule has 3 aromatic rings. The minimum atomic E-state index is -3.81. The van der Waals surface area contributed by atoms with Gasteiger partial charge in [0.05, 0.1) is 35.3 Å². The molecule has 0 fully saturated rings. The molecule has 0 saturated carbocycles. The van der Waals surface area contributed by atoms with E-state index in [1.807, 2.05) is 24.7 Å². The Kier molecular flexibility index (Phi) is 3.56. The van der Waals surface area contributed by atoms with Gasteiger partial charge in [0.1, 0.15) is 0 Å². The summed E-state index contributed by atoms with van der Waals surface area (Å²) in [6.07, 6.45) is 4.47. The van der Waals surface area contributed by atoms with Crippen LogP contribution in [0.1, 0.15) is 35.3 Å². The van der Waals surface area contributed by atoms with E-state index in [9.17, 15) is 13.5 Å². The number of primary sulfonamides is 1. The molecule has 6 nitrogen and oxygen atoms in total. The molecule has 2 aromatic carbocycles. The minimum Gasteiger partial charge on any atom is -0.388 e. The van der Waals surface area contributed by atoms with Gasteiger partial charge in [-0.25, -0.2) is 18.5 Å². The molecule has 3 atom stereocenters. The maximum Gasteiger partial charge on any atom is 0.238 e. The fourth-order valence-electron chi connectivity index (χ4n) is 4.60. The largest absolute Gasteiger partial charge is 0.388 e. The van der Waals surface area contributed by atoms with Crippen molar-refractivity contribution in [2.45, 2.75) is 29.9 Å². The zero-order valence-corrected chi connectivity index (χ0v) is 15.3. The quantitative estimate of drug-likeness (QED) is 0.712. The first kappa shape index (κ1) is 16.7. The van der Waals surface area contributed by atoms with Crippen LogP contribution in [-0.4, -0.2) is 23.1 Å². The van der Waals surface area contributed by atoms with Crippen LogP contribution in [0, 0.1) is 5.92 Å². The maximum atomic E-state index is 11.7. The lowest BCUT2D eigenvalue weighted by atomic mass is 9.76. The molecular formula is C20H19N3O3S. The van der Waals surface area contributed by atoms with Crippen molar-refractivity contribution >= 4 is 10.0 Å². The van der Waals surface area contributed by atoms with Gasteiger partial charge in [0.2, 0.25) is 10.0 Å². The SMILES string of the molecule is NS(=O)(=O)c1ccc2c(c1)[C@H](O)[C@H]([C@@H]1c3ccccc3-c3cncn31)CC2. The van der Waals surface area contributed by atoms with Crippen LogP contribution in [0.15, 0.2) is 59.9 Å². The molecule has 0 saturated heterocycles. The smallest absolute Gasteiger partial charge is 0.238 e. The second-order valence-corrected chi connectivity index (χ2v) is 8.83. The Balaban J connectivity index is 1.61. The van der Waals surface area contributed by atoms with Crippen molar-refractivity contribution in [1.82, 2.24) is 9.55 Å². The number of benzene rings is 2. The van der Waals surface area contributed by atoms with E-state index in [4.69, 9.17) is 5.14 Å². The van der Waals surface area contributed by atoms with Gasteiger partial charge in [0.15, 0.2) is 0 Å². The molecule has 0 spiro atoms. The molecule has 7 heteroatoms. The van der Waals surface area contributed by atoms with E-state index in [0.717, 1.165) is 29.7 Å². The van der Waals surface area contributed by atoms with Crippen LogP contribution in [0.5, 0.6) is 0 Å². The first-order valence-corrected chi connectivity index (χ1v) is 10.4. The van der Waals surface area contributed by atoms with Crippen LogP contribution < -0.4 is 5.14 Å². The number of fused-ring (bicyclic) bond motifs is 4. The third kappa shape index (κ3) is 2.46. The normalized spacial score (nSPS) is 23.6. The topological polar surface area (TPSA) is 98.2 Å². The number of nitrogens with zero attached hydrogens (tertiary/aromatic N) is 2. The summed E-state index contributed by atoms with van der Waals surface area (Å²) < 4.78 is 25.6. The summed E-state index contributed by atoms with van der Waals surface area (Å²) in [4.78, 5) is 4.33. The van der Waals surface area contributed by atoms with Crippen LogP contribution in [0.4, 0.5) is 0 Å². The summed E-state index contributed by atoms with van der Waals surface area (Å²) in [5, 5.41) is 16.5. The number of hydrogen-bond donors (Lipinski definition) is 2. The van der Waals surface area contributed by atoms with Crippen molar-refractivity contribution in [3.8, 4) is 11.3 Å². The Hall–Kier alpha value is -2.48. The van der Waals surface area contributed by atoms with Gasteiger partial charge >= 0.3 is 0 Å². The Bertz CT molecular complexity index is 1150. The van der Waals surface area contributed by atoms with E-state index in [0.29, 0.717) is 5.56 Å². The lowest BCUT2D eigenvalue weighted by Gasteiger charge is -2.35. The van der Waals surface area contributed by atoms with E-state index in [1.54, 1.807) is 6.07 Å². The molecule has 0 amide bonds. The summed E-state index contributed by atoms with van der Waals surface area (Å²) in [6, 6.07) is 13.0. The average molecular weight is 381 g/mol. The number of sulfonamides is 1. The van der Waals surface area contributed by atoms with Crippen LogP contribution in [0.3, 0.4) is 0 Å². The highest BCUT2D eigenvalue weighted by Crippen LogP contribution is 2.49. The molecule has 2 heterocycles. The summed E-state index contributed by atoms with van der Waals surface area (Å²) >= 11 is 0. The highest BCUT2D eigenvalue weighted by Gasteiger charge is 2.40. The van der Waals surface area contributed by atoms with E-state index in [-0.39, 0.29) is 16.9 Å². The molecule has 1 aromatic heterocycles. The highest BCUT2D eigenvalue weighted by molar-refractivity contribution is 7.89. The van der Waals surface area contributed by atoms with Crippen molar-refractivity contribution in [1.29, 1.82) is 0 Å². The van der Waals surface area contributed by atoms with Gasteiger partial charge in [0.25, 0.3) is 0 Å². The van der Waals surface area contributed by atoms with E-state index in [2.05, 4.69) is 21.7 Å². The van der Waals surface area contributed by atoms with Gasteiger partial charge in [-0.15, -0.1) is 0 Å². The fourth-order valence-corrected chi connectivity index (χ4v) is 5.15. The Morgan fingerprint density at radius 3 is 2.78 bits per heavy atom. The summed E-state index contributed by atoms with van der Waals surface area (Å²) in [7, 11) is -3.81. The number of imidazole rings is 1. The van der Waals surface area contributed by atoms with Crippen molar-refractivity contribution < 1.29 is 13.5 Å². The summed E-state index contributed by atoms with van der Waals surface area (Å²) in [5.41, 5.74) is 4.99. The van der Waals surface area contributed by atoms with E-state index in [1.165, 1.54) is 17.7 Å². The molecule has 3 N–H and O–H groups in total. The molecule has 27 heavy (non-hydrogen) atoms. The van der Waals surface area contributed by atoms with Crippen molar-refractivity contribution in [3.05, 3.63) is 71.7 Å². The Morgan fingerprint density at radius 2 is 1.96 bits per heavy atom. The summed E-state index contributed by atoms with van der Waals surface area (Å²) in [6.45, 7) is 0. The van der Waals surface area contributed by atoms with Gasteiger partial charge in [-0.2, -0.15) is 0 Å². The lowest BCUT2D eigenvalue weighted by molar-refractivity contribution is 0.0718. The summed E-state index contributed by atoms with van der Waals surface area (Å²) in [5.74, 6) is -0.0789. The van der Waals surface area contributed by atoms with Crippen LogP contribution in [0.2, 0.25) is 0 Å². The molecule has 1 aliphatic heterocycles. The predicted octanol–water partition coefficient (Wildman–Crippen LogP) is 2.40. The number of aromatic nitrogens is 2. The van der Waals surface area contributed by atoms with Gasteiger partial charge < -0.3 is 9.67 Å². The zero-order chi connectivity index (χ0) is 18.8. The number of aliphatic hydroxyl groups is 1. The van der Waals surface area contributed by atoms with Gasteiger partial charge in [0, 0.05) is 11.5 Å². The van der Waals surface area contributed by atoms with Crippen molar-refractivity contribution in [3.63, 3.8) is 0 Å². The molecule has 0 radical (unpaired) electrons. The van der Waals surface area contributed by atoms with Crippen molar-refractivity contribution in [2.24, 2.45) is 11.1 Å². The van der Waals surface area contributed by atoms with Gasteiger partial charge in [-0.05, 0) is 41.7 Å².